The van der Waals surface area contributed by atoms with Gasteiger partial charge in [-0.25, -0.2) is 4.39 Å². The van der Waals surface area contributed by atoms with E-state index in [2.05, 4.69) is 15.9 Å². The lowest BCUT2D eigenvalue weighted by atomic mass is 10.1. The molecule has 2 aromatic rings. The molecular formula is C11H7BrClFOS. The third-order valence-corrected chi connectivity index (χ3v) is 4.41. The molecule has 1 N–H and O–H groups in total. The normalized spacial score (nSPS) is 12.8. The number of rotatable bonds is 2. The van der Waals surface area contributed by atoms with Crippen LogP contribution >= 0.6 is 38.9 Å². The van der Waals surface area contributed by atoms with Crippen molar-refractivity contribution in [2.75, 3.05) is 0 Å². The average molecular weight is 322 g/mol. The second-order valence-electron chi connectivity index (χ2n) is 3.20. The van der Waals surface area contributed by atoms with Crippen LogP contribution in [0.25, 0.3) is 0 Å². The largest absolute Gasteiger partial charge is 0.383 e. The molecule has 1 aromatic heterocycles. The van der Waals surface area contributed by atoms with E-state index in [9.17, 15) is 9.50 Å². The summed E-state index contributed by atoms with van der Waals surface area (Å²) in [6.07, 6.45) is -0.905. The van der Waals surface area contributed by atoms with Crippen LogP contribution in [0.5, 0.6) is 0 Å². The molecule has 0 amide bonds. The molecule has 2 rings (SSSR count). The van der Waals surface area contributed by atoms with Crippen LogP contribution in [0.4, 0.5) is 4.39 Å². The van der Waals surface area contributed by atoms with Crippen LogP contribution in [0.1, 0.15) is 16.5 Å². The molecule has 0 radical (unpaired) electrons. The molecule has 1 heterocycles. The lowest BCUT2D eigenvalue weighted by Gasteiger charge is -2.11. The predicted octanol–water partition coefficient (Wildman–Crippen LogP) is 4.38. The molecule has 84 valence electrons. The van der Waals surface area contributed by atoms with Crippen LogP contribution < -0.4 is 0 Å². The molecule has 0 aliphatic carbocycles. The molecule has 0 bridgehead atoms. The van der Waals surface area contributed by atoms with Crippen molar-refractivity contribution in [2.24, 2.45) is 0 Å². The number of aliphatic hydroxyl groups excluding tert-OH is 1. The molecule has 0 fully saturated rings. The fourth-order valence-electron chi connectivity index (χ4n) is 1.37. The van der Waals surface area contributed by atoms with Gasteiger partial charge in [0.15, 0.2) is 0 Å². The van der Waals surface area contributed by atoms with Crippen molar-refractivity contribution in [3.63, 3.8) is 0 Å². The van der Waals surface area contributed by atoms with E-state index in [4.69, 9.17) is 11.6 Å². The lowest BCUT2D eigenvalue weighted by Crippen LogP contribution is -1.99. The zero-order chi connectivity index (χ0) is 11.7. The first-order valence-corrected chi connectivity index (χ1v) is 6.50. The van der Waals surface area contributed by atoms with Gasteiger partial charge in [-0.3, -0.25) is 0 Å². The molecule has 0 aliphatic heterocycles. The zero-order valence-electron chi connectivity index (χ0n) is 7.95. The van der Waals surface area contributed by atoms with Crippen molar-refractivity contribution >= 4 is 38.9 Å². The third-order valence-electron chi connectivity index (χ3n) is 2.15. The summed E-state index contributed by atoms with van der Waals surface area (Å²) in [4.78, 5) is 0.715. The van der Waals surface area contributed by atoms with Crippen LogP contribution in [0.2, 0.25) is 5.02 Å². The van der Waals surface area contributed by atoms with Gasteiger partial charge in [-0.15, -0.1) is 11.3 Å². The maximum atomic E-state index is 13.1. The summed E-state index contributed by atoms with van der Waals surface area (Å²) in [5.74, 6) is -0.411. The highest BCUT2D eigenvalue weighted by Crippen LogP contribution is 2.35. The van der Waals surface area contributed by atoms with Crippen molar-refractivity contribution in [3.8, 4) is 0 Å². The quantitative estimate of drug-likeness (QED) is 0.870. The van der Waals surface area contributed by atoms with E-state index in [1.165, 1.54) is 29.5 Å². The smallest absolute Gasteiger partial charge is 0.123 e. The third kappa shape index (κ3) is 2.30. The fourth-order valence-corrected chi connectivity index (χ4v) is 3.18. The Labute approximate surface area is 110 Å². The van der Waals surface area contributed by atoms with E-state index >= 15 is 0 Å². The van der Waals surface area contributed by atoms with Crippen LogP contribution in [0.3, 0.4) is 0 Å². The lowest BCUT2D eigenvalue weighted by molar-refractivity contribution is 0.223. The Morgan fingerprint density at radius 2 is 2.12 bits per heavy atom. The molecule has 0 saturated heterocycles. The first-order valence-electron chi connectivity index (χ1n) is 4.45. The van der Waals surface area contributed by atoms with Crippen molar-refractivity contribution < 1.29 is 9.50 Å². The van der Waals surface area contributed by atoms with E-state index in [0.29, 0.717) is 15.5 Å². The Morgan fingerprint density at radius 3 is 2.75 bits per heavy atom. The minimum atomic E-state index is -0.905. The van der Waals surface area contributed by atoms with Crippen LogP contribution in [0.15, 0.2) is 34.1 Å². The van der Waals surface area contributed by atoms with Gasteiger partial charge in [-0.05, 0) is 45.6 Å². The minimum Gasteiger partial charge on any atom is -0.383 e. The monoisotopic (exact) mass is 320 g/mol. The molecule has 1 unspecified atom stereocenters. The van der Waals surface area contributed by atoms with E-state index < -0.39 is 11.9 Å². The Kier molecular flexibility index (Phi) is 3.64. The van der Waals surface area contributed by atoms with Gasteiger partial charge in [0.1, 0.15) is 11.9 Å². The zero-order valence-corrected chi connectivity index (χ0v) is 11.1. The molecule has 1 aromatic carbocycles. The second-order valence-corrected chi connectivity index (χ2v) is 5.41. The highest BCUT2D eigenvalue weighted by molar-refractivity contribution is 9.10. The van der Waals surface area contributed by atoms with Crippen molar-refractivity contribution in [1.29, 1.82) is 0 Å². The maximum Gasteiger partial charge on any atom is 0.123 e. The Bertz CT molecular complexity index is 514. The summed E-state index contributed by atoms with van der Waals surface area (Å²) in [5.41, 5.74) is 0.379. The van der Waals surface area contributed by atoms with Gasteiger partial charge < -0.3 is 5.11 Å². The topological polar surface area (TPSA) is 20.2 Å². The Hall–Kier alpha value is -0.420. The first kappa shape index (κ1) is 12.0. The molecule has 1 atom stereocenters. The summed E-state index contributed by atoms with van der Waals surface area (Å²) >= 11 is 10.6. The van der Waals surface area contributed by atoms with Crippen LogP contribution in [-0.4, -0.2) is 5.11 Å². The Morgan fingerprint density at radius 1 is 1.38 bits per heavy atom. The Balaban J connectivity index is 2.45. The highest BCUT2D eigenvalue weighted by atomic mass is 79.9. The maximum absolute atomic E-state index is 13.1. The van der Waals surface area contributed by atoms with Crippen LogP contribution in [0, 0.1) is 5.82 Å². The second kappa shape index (κ2) is 4.84. The number of hydrogen-bond acceptors (Lipinski definition) is 2. The molecule has 0 spiro atoms. The van der Waals surface area contributed by atoms with E-state index in [-0.39, 0.29) is 0 Å². The molecule has 5 heteroatoms. The summed E-state index contributed by atoms with van der Waals surface area (Å²) in [6, 6.07) is 5.79. The van der Waals surface area contributed by atoms with Gasteiger partial charge in [0.2, 0.25) is 0 Å². The number of halogens is 3. The van der Waals surface area contributed by atoms with Crippen molar-refractivity contribution in [2.45, 2.75) is 6.10 Å². The number of aliphatic hydroxyl groups is 1. The molecule has 0 aliphatic rings. The van der Waals surface area contributed by atoms with E-state index in [1.54, 1.807) is 0 Å². The van der Waals surface area contributed by atoms with E-state index in [0.717, 1.165) is 4.47 Å². The first-order chi connectivity index (χ1) is 7.59. The highest BCUT2D eigenvalue weighted by Gasteiger charge is 2.18. The SMILES string of the molecule is OC(c1cc(F)ccc1Cl)c1sccc1Br. The van der Waals surface area contributed by atoms with Gasteiger partial charge in [-0.1, -0.05) is 11.6 Å². The van der Waals surface area contributed by atoms with Crippen molar-refractivity contribution in [1.82, 2.24) is 0 Å². The van der Waals surface area contributed by atoms with Gasteiger partial charge in [0.25, 0.3) is 0 Å². The summed E-state index contributed by atoms with van der Waals surface area (Å²) in [5, 5.41) is 12.3. The number of thiophene rings is 1. The summed E-state index contributed by atoms with van der Waals surface area (Å²) < 4.78 is 13.9. The molecule has 1 nitrogen and oxygen atoms in total. The molecule has 16 heavy (non-hydrogen) atoms. The summed E-state index contributed by atoms with van der Waals surface area (Å²) in [6.45, 7) is 0. The van der Waals surface area contributed by atoms with Gasteiger partial charge >= 0.3 is 0 Å². The summed E-state index contributed by atoms with van der Waals surface area (Å²) in [7, 11) is 0. The number of hydrogen-bond donors (Lipinski definition) is 1. The fraction of sp³-hybridized carbons (Fsp3) is 0.0909. The number of benzene rings is 1. The average Bonchev–Trinajstić information content (AvgIpc) is 2.67. The van der Waals surface area contributed by atoms with Crippen molar-refractivity contribution in [3.05, 3.63) is 55.4 Å². The molecule has 0 saturated carbocycles. The standard InChI is InChI=1S/C11H7BrClFOS/c12-8-3-4-16-11(8)10(15)7-5-6(14)1-2-9(7)13/h1-5,10,15H. The predicted molar refractivity (Wildman–Crippen MR) is 67.5 cm³/mol. The van der Waals surface area contributed by atoms with Gasteiger partial charge in [-0.2, -0.15) is 0 Å². The van der Waals surface area contributed by atoms with E-state index in [1.807, 2.05) is 11.4 Å². The van der Waals surface area contributed by atoms with Gasteiger partial charge in [0, 0.05) is 15.1 Å². The van der Waals surface area contributed by atoms with Gasteiger partial charge in [0.05, 0.1) is 4.88 Å². The molecular weight excluding hydrogens is 315 g/mol. The van der Waals surface area contributed by atoms with Crippen LogP contribution in [-0.2, 0) is 0 Å². The minimum absolute atomic E-state index is 0.356.